The van der Waals surface area contributed by atoms with Crippen LogP contribution in [0.3, 0.4) is 0 Å². The summed E-state index contributed by atoms with van der Waals surface area (Å²) in [6.45, 7) is 11.2. The maximum absolute atomic E-state index is 14.4. The van der Waals surface area contributed by atoms with Crippen LogP contribution in [0.15, 0.2) is 18.2 Å². The Hall–Kier alpha value is -1.09. The van der Waals surface area contributed by atoms with Crippen LogP contribution in [0.1, 0.15) is 46.1 Å². The fraction of sp³-hybridized carbons (Fsp3) is 0.667. The molecule has 1 aromatic rings. The zero-order chi connectivity index (χ0) is 15.8. The molecule has 0 saturated heterocycles. The van der Waals surface area contributed by atoms with Gasteiger partial charge < -0.3 is 10.6 Å². The molecule has 0 spiro atoms. The predicted octanol–water partition coefficient (Wildman–Crippen LogP) is 4.23. The standard InChI is InChI=1S/C18H31FN2/c1-14(2)8-11-21(12-9-15(3)4)18-6-5-16(7-10-20)13-17(18)19/h5-6,13-15H,7-12,20H2,1-4H3. The van der Waals surface area contributed by atoms with E-state index in [1.165, 1.54) is 0 Å². The Morgan fingerprint density at radius 1 is 1.05 bits per heavy atom. The molecule has 0 aromatic heterocycles. The van der Waals surface area contributed by atoms with E-state index >= 15 is 0 Å². The molecule has 0 saturated carbocycles. The van der Waals surface area contributed by atoms with Gasteiger partial charge in [-0.25, -0.2) is 4.39 Å². The van der Waals surface area contributed by atoms with E-state index in [0.717, 1.165) is 43.6 Å². The maximum Gasteiger partial charge on any atom is 0.146 e. The lowest BCUT2D eigenvalue weighted by Crippen LogP contribution is -2.28. The first kappa shape index (κ1) is 18.0. The Kier molecular flexibility index (Phi) is 7.73. The molecule has 2 N–H and O–H groups in total. The van der Waals surface area contributed by atoms with Gasteiger partial charge in [-0.1, -0.05) is 33.8 Å². The first-order valence-corrected chi connectivity index (χ1v) is 8.17. The summed E-state index contributed by atoms with van der Waals surface area (Å²) in [6, 6.07) is 5.56. The molecule has 0 aliphatic rings. The summed E-state index contributed by atoms with van der Waals surface area (Å²) in [5.41, 5.74) is 7.25. The number of anilines is 1. The third-order valence-electron chi connectivity index (χ3n) is 3.74. The fourth-order valence-corrected chi connectivity index (χ4v) is 2.31. The average Bonchev–Trinajstić information content (AvgIpc) is 2.40. The number of rotatable bonds is 9. The van der Waals surface area contributed by atoms with Gasteiger partial charge in [0.05, 0.1) is 5.69 Å². The van der Waals surface area contributed by atoms with E-state index < -0.39 is 0 Å². The summed E-state index contributed by atoms with van der Waals surface area (Å²) < 4.78 is 14.4. The highest BCUT2D eigenvalue weighted by molar-refractivity contribution is 5.49. The van der Waals surface area contributed by atoms with Crippen molar-refractivity contribution in [2.75, 3.05) is 24.5 Å². The molecule has 1 rings (SSSR count). The van der Waals surface area contributed by atoms with Gasteiger partial charge in [-0.2, -0.15) is 0 Å². The van der Waals surface area contributed by atoms with E-state index in [1.54, 1.807) is 6.07 Å². The van der Waals surface area contributed by atoms with E-state index in [4.69, 9.17) is 5.73 Å². The lowest BCUT2D eigenvalue weighted by Gasteiger charge is -2.27. The first-order chi connectivity index (χ1) is 9.93. The van der Waals surface area contributed by atoms with Gasteiger partial charge in [0.1, 0.15) is 5.82 Å². The molecule has 0 aliphatic heterocycles. The number of halogens is 1. The second-order valence-electron chi connectivity index (χ2n) is 6.68. The van der Waals surface area contributed by atoms with Crippen molar-refractivity contribution in [2.24, 2.45) is 17.6 Å². The molecule has 21 heavy (non-hydrogen) atoms. The van der Waals surface area contributed by atoms with Crippen LogP contribution in [0.2, 0.25) is 0 Å². The van der Waals surface area contributed by atoms with E-state index in [9.17, 15) is 4.39 Å². The van der Waals surface area contributed by atoms with Crippen molar-refractivity contribution in [3.63, 3.8) is 0 Å². The smallest absolute Gasteiger partial charge is 0.146 e. The van der Waals surface area contributed by atoms with E-state index in [2.05, 4.69) is 32.6 Å². The quantitative estimate of drug-likeness (QED) is 0.738. The number of benzene rings is 1. The summed E-state index contributed by atoms with van der Waals surface area (Å²) in [5, 5.41) is 0. The third-order valence-corrected chi connectivity index (χ3v) is 3.74. The summed E-state index contributed by atoms with van der Waals surface area (Å²) in [5.74, 6) is 1.14. The third kappa shape index (κ3) is 6.47. The summed E-state index contributed by atoms with van der Waals surface area (Å²) >= 11 is 0. The largest absolute Gasteiger partial charge is 0.369 e. The van der Waals surface area contributed by atoms with E-state index in [1.807, 2.05) is 12.1 Å². The van der Waals surface area contributed by atoms with Crippen LogP contribution in [0.5, 0.6) is 0 Å². The number of hydrogen-bond donors (Lipinski definition) is 1. The van der Waals surface area contributed by atoms with Crippen LogP contribution in [-0.4, -0.2) is 19.6 Å². The fourth-order valence-electron chi connectivity index (χ4n) is 2.31. The molecule has 3 heteroatoms. The van der Waals surface area contributed by atoms with Gasteiger partial charge in [-0.05, 0) is 55.3 Å². The molecule has 0 radical (unpaired) electrons. The Morgan fingerprint density at radius 2 is 1.62 bits per heavy atom. The molecule has 2 nitrogen and oxygen atoms in total. The molecule has 0 fully saturated rings. The summed E-state index contributed by atoms with van der Waals surface area (Å²) in [4.78, 5) is 2.20. The summed E-state index contributed by atoms with van der Waals surface area (Å²) in [6.07, 6.45) is 2.90. The SMILES string of the molecule is CC(C)CCN(CCC(C)C)c1ccc(CCN)cc1F. The number of nitrogens with two attached hydrogens (primary N) is 1. The molecular weight excluding hydrogens is 263 g/mol. The van der Waals surface area contributed by atoms with Gasteiger partial charge in [0, 0.05) is 13.1 Å². The number of hydrogen-bond acceptors (Lipinski definition) is 2. The van der Waals surface area contributed by atoms with Crippen molar-refractivity contribution in [2.45, 2.75) is 47.0 Å². The van der Waals surface area contributed by atoms with E-state index in [-0.39, 0.29) is 5.82 Å². The van der Waals surface area contributed by atoms with Gasteiger partial charge in [0.25, 0.3) is 0 Å². The lowest BCUT2D eigenvalue weighted by molar-refractivity contribution is 0.526. The highest BCUT2D eigenvalue weighted by Crippen LogP contribution is 2.23. The average molecular weight is 294 g/mol. The minimum absolute atomic E-state index is 0.117. The molecule has 120 valence electrons. The minimum Gasteiger partial charge on any atom is -0.369 e. The van der Waals surface area contributed by atoms with Crippen LogP contribution in [-0.2, 0) is 6.42 Å². The molecule has 0 aliphatic carbocycles. The first-order valence-electron chi connectivity index (χ1n) is 8.17. The molecular formula is C18H31FN2. The molecule has 0 heterocycles. The molecule has 0 atom stereocenters. The zero-order valence-electron chi connectivity index (χ0n) is 14.0. The van der Waals surface area contributed by atoms with Crippen LogP contribution in [0, 0.1) is 17.7 Å². The lowest BCUT2D eigenvalue weighted by atomic mass is 10.1. The van der Waals surface area contributed by atoms with Gasteiger partial charge >= 0.3 is 0 Å². The van der Waals surface area contributed by atoms with Crippen LogP contribution in [0.4, 0.5) is 10.1 Å². The maximum atomic E-state index is 14.4. The molecule has 0 unspecified atom stereocenters. The highest BCUT2D eigenvalue weighted by Gasteiger charge is 2.13. The van der Waals surface area contributed by atoms with Gasteiger partial charge in [0.15, 0.2) is 0 Å². The normalized spacial score (nSPS) is 11.4. The zero-order valence-corrected chi connectivity index (χ0v) is 14.0. The van der Waals surface area contributed by atoms with Crippen molar-refractivity contribution in [1.82, 2.24) is 0 Å². The van der Waals surface area contributed by atoms with Crippen molar-refractivity contribution >= 4 is 5.69 Å². The topological polar surface area (TPSA) is 29.3 Å². The van der Waals surface area contributed by atoms with Gasteiger partial charge in [0.2, 0.25) is 0 Å². The van der Waals surface area contributed by atoms with Crippen LogP contribution < -0.4 is 10.6 Å². The van der Waals surface area contributed by atoms with E-state index in [0.29, 0.717) is 18.4 Å². The monoisotopic (exact) mass is 294 g/mol. The molecule has 0 amide bonds. The minimum atomic E-state index is -0.117. The Balaban J connectivity index is 2.84. The van der Waals surface area contributed by atoms with Crippen LogP contribution >= 0.6 is 0 Å². The Bertz CT molecular complexity index is 404. The highest BCUT2D eigenvalue weighted by atomic mass is 19.1. The van der Waals surface area contributed by atoms with Gasteiger partial charge in [-0.15, -0.1) is 0 Å². The number of nitrogens with zero attached hydrogens (tertiary/aromatic N) is 1. The Morgan fingerprint density at radius 3 is 2.05 bits per heavy atom. The van der Waals surface area contributed by atoms with Gasteiger partial charge in [-0.3, -0.25) is 0 Å². The van der Waals surface area contributed by atoms with Crippen molar-refractivity contribution in [1.29, 1.82) is 0 Å². The predicted molar refractivity (Wildman–Crippen MR) is 90.3 cm³/mol. The van der Waals surface area contributed by atoms with Crippen molar-refractivity contribution < 1.29 is 4.39 Å². The summed E-state index contributed by atoms with van der Waals surface area (Å²) in [7, 11) is 0. The van der Waals surface area contributed by atoms with Crippen LogP contribution in [0.25, 0.3) is 0 Å². The van der Waals surface area contributed by atoms with Crippen molar-refractivity contribution in [3.05, 3.63) is 29.6 Å². The second-order valence-corrected chi connectivity index (χ2v) is 6.68. The molecule has 1 aromatic carbocycles. The second kappa shape index (κ2) is 9.04. The Labute approximate surface area is 129 Å². The van der Waals surface area contributed by atoms with Crippen molar-refractivity contribution in [3.8, 4) is 0 Å². The molecule has 0 bridgehead atoms.